The lowest BCUT2D eigenvalue weighted by atomic mass is 10.0. The van der Waals surface area contributed by atoms with Gasteiger partial charge in [-0.2, -0.15) is 4.98 Å². The summed E-state index contributed by atoms with van der Waals surface area (Å²) in [5.74, 6) is 0.0137. The lowest BCUT2D eigenvalue weighted by Gasteiger charge is -2.14. The van der Waals surface area contributed by atoms with Gasteiger partial charge in [0.2, 0.25) is 11.9 Å². The first kappa shape index (κ1) is 20.0. The number of benzene rings is 2. The molecule has 4 aromatic rings. The molecular weight excluding hydrogens is 442 g/mol. The second-order valence-electron chi connectivity index (χ2n) is 7.12. The van der Waals surface area contributed by atoms with E-state index in [0.29, 0.717) is 5.65 Å². The predicted octanol–water partition coefficient (Wildman–Crippen LogP) is 5.15. The summed E-state index contributed by atoms with van der Waals surface area (Å²) in [4.78, 5) is 27.0. The molecule has 7 heteroatoms. The minimum atomic E-state index is -0.225. The van der Waals surface area contributed by atoms with Crippen LogP contribution in [0.1, 0.15) is 6.92 Å². The SMILES string of the molecule is CC(=O)Nc1ncc2c(-c3cccc(Br)c3)cc(-c3ccc(N(C)C)cc3)nc2n1. The first-order valence-corrected chi connectivity index (χ1v) is 10.2. The summed E-state index contributed by atoms with van der Waals surface area (Å²) in [6.45, 7) is 1.43. The molecule has 30 heavy (non-hydrogen) atoms. The van der Waals surface area contributed by atoms with Crippen molar-refractivity contribution in [1.82, 2.24) is 15.0 Å². The van der Waals surface area contributed by atoms with Gasteiger partial charge in [0.1, 0.15) is 0 Å². The Hall–Kier alpha value is -3.32. The Labute approximate surface area is 183 Å². The molecule has 0 saturated heterocycles. The highest BCUT2D eigenvalue weighted by Gasteiger charge is 2.13. The third kappa shape index (κ3) is 4.16. The molecule has 2 heterocycles. The summed E-state index contributed by atoms with van der Waals surface area (Å²) >= 11 is 3.55. The molecule has 2 aromatic carbocycles. The highest BCUT2D eigenvalue weighted by molar-refractivity contribution is 9.10. The molecule has 1 N–H and O–H groups in total. The van der Waals surface area contributed by atoms with Crippen molar-refractivity contribution in [3.8, 4) is 22.4 Å². The molecule has 150 valence electrons. The summed E-state index contributed by atoms with van der Waals surface area (Å²) < 4.78 is 0.984. The number of carbonyl (C=O) groups excluding carboxylic acids is 1. The maximum absolute atomic E-state index is 11.4. The van der Waals surface area contributed by atoms with Crippen molar-refractivity contribution in [2.24, 2.45) is 0 Å². The van der Waals surface area contributed by atoms with Gasteiger partial charge in [-0.05, 0) is 41.5 Å². The van der Waals surface area contributed by atoms with Crippen LogP contribution in [0.5, 0.6) is 0 Å². The topological polar surface area (TPSA) is 71.0 Å². The van der Waals surface area contributed by atoms with Crippen LogP contribution in [0.2, 0.25) is 0 Å². The van der Waals surface area contributed by atoms with Crippen LogP contribution < -0.4 is 10.2 Å². The highest BCUT2D eigenvalue weighted by Crippen LogP contribution is 2.33. The van der Waals surface area contributed by atoms with Gasteiger partial charge >= 0.3 is 0 Å². The van der Waals surface area contributed by atoms with Crippen LogP contribution >= 0.6 is 15.9 Å². The number of amides is 1. The number of nitrogens with zero attached hydrogens (tertiary/aromatic N) is 4. The van der Waals surface area contributed by atoms with E-state index in [2.05, 4.69) is 60.4 Å². The van der Waals surface area contributed by atoms with Crippen LogP contribution in [0.25, 0.3) is 33.4 Å². The predicted molar refractivity (Wildman–Crippen MR) is 125 cm³/mol. The van der Waals surface area contributed by atoms with Crippen molar-refractivity contribution in [3.63, 3.8) is 0 Å². The van der Waals surface area contributed by atoms with Crippen LogP contribution in [-0.4, -0.2) is 35.0 Å². The molecule has 0 fully saturated rings. The van der Waals surface area contributed by atoms with Crippen LogP contribution in [0.3, 0.4) is 0 Å². The largest absolute Gasteiger partial charge is 0.378 e. The number of hydrogen-bond donors (Lipinski definition) is 1. The number of anilines is 2. The number of halogens is 1. The number of nitrogens with one attached hydrogen (secondary N) is 1. The molecule has 1 amide bonds. The summed E-state index contributed by atoms with van der Waals surface area (Å²) in [6.07, 6.45) is 1.70. The van der Waals surface area contributed by atoms with Gasteiger partial charge in [0.25, 0.3) is 0 Å². The molecule has 0 unspecified atom stereocenters. The Morgan fingerprint density at radius 3 is 2.43 bits per heavy atom. The van der Waals surface area contributed by atoms with Crippen LogP contribution in [0, 0.1) is 0 Å². The van der Waals surface area contributed by atoms with Crippen molar-refractivity contribution >= 4 is 44.5 Å². The lowest BCUT2D eigenvalue weighted by Crippen LogP contribution is -2.09. The fourth-order valence-electron chi connectivity index (χ4n) is 3.20. The average molecular weight is 462 g/mol. The minimum Gasteiger partial charge on any atom is -0.378 e. The number of hydrogen-bond acceptors (Lipinski definition) is 5. The van der Waals surface area contributed by atoms with Crippen molar-refractivity contribution in [1.29, 1.82) is 0 Å². The normalized spacial score (nSPS) is 10.8. The molecule has 2 aromatic heterocycles. The minimum absolute atomic E-state index is 0.225. The van der Waals surface area contributed by atoms with Crippen molar-refractivity contribution in [2.45, 2.75) is 6.92 Å². The summed E-state index contributed by atoms with van der Waals surface area (Å²) in [7, 11) is 4.02. The van der Waals surface area contributed by atoms with Crippen LogP contribution in [-0.2, 0) is 4.79 Å². The van der Waals surface area contributed by atoms with Gasteiger partial charge in [0.05, 0.1) is 5.69 Å². The van der Waals surface area contributed by atoms with Gasteiger partial charge in [-0.3, -0.25) is 10.1 Å². The smallest absolute Gasteiger partial charge is 0.231 e. The van der Waals surface area contributed by atoms with E-state index >= 15 is 0 Å². The van der Waals surface area contributed by atoms with E-state index < -0.39 is 0 Å². The maximum Gasteiger partial charge on any atom is 0.231 e. The van der Waals surface area contributed by atoms with Gasteiger partial charge in [-0.25, -0.2) is 9.97 Å². The number of aromatic nitrogens is 3. The Kier molecular flexibility index (Phi) is 5.46. The van der Waals surface area contributed by atoms with Gasteiger partial charge in [0, 0.05) is 48.3 Å². The Balaban J connectivity index is 1.92. The molecule has 0 atom stereocenters. The van der Waals surface area contributed by atoms with Gasteiger partial charge in [-0.15, -0.1) is 0 Å². The van der Waals surface area contributed by atoms with Crippen LogP contribution in [0.4, 0.5) is 11.6 Å². The molecule has 0 bridgehead atoms. The zero-order valence-corrected chi connectivity index (χ0v) is 18.4. The van der Waals surface area contributed by atoms with Gasteiger partial charge in [0.15, 0.2) is 5.65 Å². The van der Waals surface area contributed by atoms with E-state index in [9.17, 15) is 4.79 Å². The number of carbonyl (C=O) groups is 1. The van der Waals surface area contributed by atoms with Crippen LogP contribution in [0.15, 0.2) is 65.3 Å². The lowest BCUT2D eigenvalue weighted by molar-refractivity contribution is -0.114. The third-order valence-electron chi connectivity index (χ3n) is 4.67. The second-order valence-corrected chi connectivity index (χ2v) is 8.03. The first-order chi connectivity index (χ1) is 14.4. The van der Waals surface area contributed by atoms with Gasteiger partial charge in [-0.1, -0.05) is 40.2 Å². The third-order valence-corrected chi connectivity index (χ3v) is 5.16. The van der Waals surface area contributed by atoms with E-state index in [1.165, 1.54) is 6.92 Å². The second kappa shape index (κ2) is 8.20. The summed E-state index contributed by atoms with van der Waals surface area (Å²) in [5.41, 5.74) is 5.43. The average Bonchev–Trinajstić information content (AvgIpc) is 2.72. The van der Waals surface area contributed by atoms with Crippen molar-refractivity contribution < 1.29 is 4.79 Å². The number of fused-ring (bicyclic) bond motifs is 1. The van der Waals surface area contributed by atoms with Crippen molar-refractivity contribution in [3.05, 3.63) is 65.3 Å². The maximum atomic E-state index is 11.4. The van der Waals surface area contributed by atoms with E-state index in [0.717, 1.165) is 37.9 Å². The standard InChI is InChI=1S/C23H20BrN5O/c1-14(30)26-23-25-13-20-19(16-5-4-6-17(24)11-16)12-21(27-22(20)28-23)15-7-9-18(10-8-15)29(2)3/h4-13H,1-3H3,(H,25,26,27,28,30). The Bertz CT molecular complexity index is 1240. The monoisotopic (exact) mass is 461 g/mol. The Morgan fingerprint density at radius 1 is 1.00 bits per heavy atom. The first-order valence-electron chi connectivity index (χ1n) is 9.40. The van der Waals surface area contributed by atoms with E-state index in [-0.39, 0.29) is 11.9 Å². The molecule has 0 aliphatic rings. The number of rotatable bonds is 4. The van der Waals surface area contributed by atoms with E-state index in [1.807, 2.05) is 44.4 Å². The zero-order chi connectivity index (χ0) is 21.3. The molecule has 6 nitrogen and oxygen atoms in total. The molecule has 0 spiro atoms. The quantitative estimate of drug-likeness (QED) is 0.455. The molecule has 0 aliphatic carbocycles. The van der Waals surface area contributed by atoms with E-state index in [1.54, 1.807) is 6.20 Å². The zero-order valence-electron chi connectivity index (χ0n) is 16.8. The molecule has 0 radical (unpaired) electrons. The van der Waals surface area contributed by atoms with Gasteiger partial charge < -0.3 is 4.90 Å². The summed E-state index contributed by atoms with van der Waals surface area (Å²) in [6, 6.07) is 18.3. The molecule has 0 saturated carbocycles. The fourth-order valence-corrected chi connectivity index (χ4v) is 3.60. The van der Waals surface area contributed by atoms with Crippen molar-refractivity contribution in [2.75, 3.05) is 24.3 Å². The Morgan fingerprint density at radius 2 is 1.77 bits per heavy atom. The molecular formula is C23H20BrN5O. The molecule has 0 aliphatic heterocycles. The van der Waals surface area contributed by atoms with E-state index in [4.69, 9.17) is 4.98 Å². The highest BCUT2D eigenvalue weighted by atomic mass is 79.9. The fraction of sp³-hybridized carbons (Fsp3) is 0.130. The summed E-state index contributed by atoms with van der Waals surface area (Å²) in [5, 5.41) is 3.45. The molecule has 4 rings (SSSR count). The number of pyridine rings is 1.